The summed E-state index contributed by atoms with van der Waals surface area (Å²) in [6.45, 7) is 4.63. The fourth-order valence-electron chi connectivity index (χ4n) is 9.10. The molecule has 74 heavy (non-hydrogen) atoms. The van der Waals surface area contributed by atoms with Crippen LogP contribution in [0.2, 0.25) is 0 Å². The number of allylic oxidation sites excluding steroid dienone is 12. The molecule has 432 valence electrons. The van der Waals surface area contributed by atoms with Crippen LogP contribution in [0.4, 0.5) is 0 Å². The van der Waals surface area contributed by atoms with E-state index in [1.54, 1.807) is 0 Å². The van der Waals surface area contributed by atoms with Crippen LogP contribution in [-0.2, 0) is 18.4 Å². The van der Waals surface area contributed by atoms with E-state index in [2.05, 4.69) is 92.1 Å². The third-order valence-corrected chi connectivity index (χ3v) is 14.9. The van der Waals surface area contributed by atoms with Crippen molar-refractivity contribution in [2.45, 2.75) is 296 Å². The van der Waals surface area contributed by atoms with Gasteiger partial charge < -0.3 is 28.8 Å². The lowest BCUT2D eigenvalue weighted by Crippen LogP contribution is -2.46. The van der Waals surface area contributed by atoms with Crippen LogP contribution in [-0.4, -0.2) is 68.5 Å². The maximum absolute atomic E-state index is 13.0. The maximum atomic E-state index is 13.0. The average molecular weight is 1060 g/mol. The molecule has 0 aromatic rings. The van der Waals surface area contributed by atoms with Crippen LogP contribution in [0.3, 0.4) is 0 Å². The fourth-order valence-corrected chi connectivity index (χ4v) is 9.83. The summed E-state index contributed by atoms with van der Waals surface area (Å²) in [6, 6.07) is -0.801. The maximum Gasteiger partial charge on any atom is 0.268 e. The Balaban J connectivity index is 3.97. The summed E-state index contributed by atoms with van der Waals surface area (Å²) in [7, 11) is 1.31. The summed E-state index contributed by atoms with van der Waals surface area (Å²) < 4.78 is 23.4. The summed E-state index contributed by atoms with van der Waals surface area (Å²) in [5.41, 5.74) is 0. The van der Waals surface area contributed by atoms with Gasteiger partial charge in [-0.2, -0.15) is 0 Å². The summed E-state index contributed by atoms with van der Waals surface area (Å²) >= 11 is 0. The number of hydrogen-bond acceptors (Lipinski definition) is 6. The first-order chi connectivity index (χ1) is 36.0. The smallest absolute Gasteiger partial charge is 0.268 e. The molecule has 0 radical (unpaired) electrons. The summed E-state index contributed by atoms with van der Waals surface area (Å²) in [6.07, 6.45) is 76.7. The molecule has 3 unspecified atom stereocenters. The van der Waals surface area contributed by atoms with Gasteiger partial charge in [0.15, 0.2) is 0 Å². The standard InChI is InChI=1S/C65H121N2O6P/c1-6-8-10-12-14-16-18-20-22-23-24-25-26-27-28-29-30-31-32-33-34-35-36-37-38-39-40-41-42-43-45-47-49-51-53-55-57-59-65(69)66-63(62-73-74(70,71)72-61-60-67(3,4)5)64(68)58-56-54-52-50-48-46-44-21-19-17-15-13-11-9-7-2/h8,10,14,16,20,22,24-25,27-28,30-31,63-64,68H,6-7,9,11-13,15,17-19,21,23,26,29,32-62H2,1-5H3,(H-,66,69,70,71)/b10-8-,16-14-,22-20-,25-24-,28-27-,31-30-. The number of rotatable bonds is 57. The van der Waals surface area contributed by atoms with E-state index >= 15 is 0 Å². The molecular weight excluding hydrogens is 936 g/mol. The summed E-state index contributed by atoms with van der Waals surface area (Å²) in [5.74, 6) is -0.163. The van der Waals surface area contributed by atoms with Crippen molar-refractivity contribution in [3.8, 4) is 0 Å². The van der Waals surface area contributed by atoms with Gasteiger partial charge in [0.1, 0.15) is 13.2 Å². The highest BCUT2D eigenvalue weighted by atomic mass is 31.2. The van der Waals surface area contributed by atoms with Gasteiger partial charge in [0, 0.05) is 6.42 Å². The van der Waals surface area contributed by atoms with E-state index in [9.17, 15) is 19.4 Å². The van der Waals surface area contributed by atoms with Crippen molar-refractivity contribution >= 4 is 13.7 Å². The fraction of sp³-hybridized carbons (Fsp3) is 0.800. The van der Waals surface area contributed by atoms with Crippen molar-refractivity contribution in [3.63, 3.8) is 0 Å². The van der Waals surface area contributed by atoms with Crippen molar-refractivity contribution in [1.82, 2.24) is 5.32 Å². The van der Waals surface area contributed by atoms with Gasteiger partial charge in [-0.25, -0.2) is 0 Å². The number of phosphoric ester groups is 1. The zero-order chi connectivity index (χ0) is 54.2. The van der Waals surface area contributed by atoms with Crippen molar-refractivity contribution in [3.05, 3.63) is 72.9 Å². The van der Waals surface area contributed by atoms with Gasteiger partial charge >= 0.3 is 0 Å². The van der Waals surface area contributed by atoms with E-state index in [0.717, 1.165) is 77.0 Å². The van der Waals surface area contributed by atoms with Gasteiger partial charge in [-0.3, -0.25) is 9.36 Å². The van der Waals surface area contributed by atoms with Gasteiger partial charge in [-0.15, -0.1) is 0 Å². The van der Waals surface area contributed by atoms with Crippen LogP contribution in [0.25, 0.3) is 0 Å². The molecule has 0 aromatic carbocycles. The molecule has 0 saturated heterocycles. The molecule has 0 saturated carbocycles. The van der Waals surface area contributed by atoms with Crippen molar-refractivity contribution in [2.24, 2.45) is 0 Å². The lowest BCUT2D eigenvalue weighted by molar-refractivity contribution is -0.870. The molecule has 0 heterocycles. The van der Waals surface area contributed by atoms with Crippen LogP contribution in [0.5, 0.6) is 0 Å². The second-order valence-corrected chi connectivity index (χ2v) is 23.8. The Labute approximate surface area is 459 Å². The Morgan fingerprint density at radius 1 is 0.486 bits per heavy atom. The number of amides is 1. The number of phosphoric acid groups is 1. The Morgan fingerprint density at radius 3 is 1.20 bits per heavy atom. The summed E-state index contributed by atoms with van der Waals surface area (Å²) in [4.78, 5) is 25.5. The Morgan fingerprint density at radius 2 is 0.824 bits per heavy atom. The number of nitrogens with one attached hydrogen (secondary N) is 1. The molecule has 0 spiro atoms. The lowest BCUT2D eigenvalue weighted by Gasteiger charge is -2.30. The molecule has 1 amide bonds. The van der Waals surface area contributed by atoms with Crippen molar-refractivity contribution in [1.29, 1.82) is 0 Å². The van der Waals surface area contributed by atoms with Crippen molar-refractivity contribution < 1.29 is 32.9 Å². The van der Waals surface area contributed by atoms with Crippen LogP contribution in [0, 0.1) is 0 Å². The number of aliphatic hydroxyl groups excluding tert-OH is 1. The SMILES string of the molecule is CC/C=C\C/C=C\C/C=C\C/C=C\C/C=C\C/C=C\CCCCCCCCCCCCCCCCCCCCC(=O)NC(COP(=O)([O-])OCC[N+](C)(C)C)C(O)CCCCCCCCCCCCCCCCC. The van der Waals surface area contributed by atoms with E-state index < -0.39 is 20.0 Å². The molecule has 3 atom stereocenters. The molecule has 0 aromatic heterocycles. The van der Waals surface area contributed by atoms with Crippen LogP contribution >= 0.6 is 7.82 Å². The van der Waals surface area contributed by atoms with Gasteiger partial charge in [0.2, 0.25) is 5.91 Å². The molecule has 0 bridgehead atoms. The zero-order valence-corrected chi connectivity index (χ0v) is 50.2. The van der Waals surface area contributed by atoms with Gasteiger partial charge in [0.25, 0.3) is 7.82 Å². The highest BCUT2D eigenvalue weighted by Gasteiger charge is 2.24. The first-order valence-electron chi connectivity index (χ1n) is 31.3. The van der Waals surface area contributed by atoms with Gasteiger partial charge in [-0.1, -0.05) is 286 Å². The largest absolute Gasteiger partial charge is 0.756 e. The molecule has 0 aliphatic rings. The topological polar surface area (TPSA) is 108 Å². The van der Waals surface area contributed by atoms with E-state index in [1.807, 2.05) is 21.1 Å². The minimum absolute atomic E-state index is 0.0120. The molecule has 0 fully saturated rings. The van der Waals surface area contributed by atoms with E-state index in [4.69, 9.17) is 9.05 Å². The Bertz CT molecular complexity index is 1430. The molecule has 0 aliphatic heterocycles. The highest BCUT2D eigenvalue weighted by Crippen LogP contribution is 2.38. The first kappa shape index (κ1) is 71.9. The number of nitrogens with zero attached hydrogens (tertiary/aromatic N) is 1. The number of unbranched alkanes of at least 4 members (excludes halogenated alkanes) is 32. The van der Waals surface area contributed by atoms with Crippen LogP contribution in [0.1, 0.15) is 284 Å². The third-order valence-electron chi connectivity index (χ3n) is 14.0. The van der Waals surface area contributed by atoms with E-state index in [0.29, 0.717) is 23.9 Å². The molecule has 2 N–H and O–H groups in total. The quantitative estimate of drug-likeness (QED) is 0.0272. The predicted molar refractivity (Wildman–Crippen MR) is 320 cm³/mol. The number of hydrogen-bond donors (Lipinski definition) is 2. The lowest BCUT2D eigenvalue weighted by atomic mass is 10.0. The first-order valence-corrected chi connectivity index (χ1v) is 32.7. The van der Waals surface area contributed by atoms with Gasteiger partial charge in [-0.05, 0) is 64.2 Å². The molecular formula is C65H121N2O6P. The number of likely N-dealkylation sites (N-methyl/N-ethyl adjacent to an activating group) is 1. The number of carbonyl (C=O) groups excluding carboxylic acids is 1. The van der Waals surface area contributed by atoms with Crippen molar-refractivity contribution in [2.75, 3.05) is 40.9 Å². The minimum atomic E-state index is -4.57. The second-order valence-electron chi connectivity index (χ2n) is 22.4. The number of carbonyl (C=O) groups is 1. The van der Waals surface area contributed by atoms with Gasteiger partial charge in [0.05, 0.1) is 39.9 Å². The van der Waals surface area contributed by atoms with Crippen LogP contribution < -0.4 is 10.2 Å². The zero-order valence-electron chi connectivity index (χ0n) is 49.3. The van der Waals surface area contributed by atoms with Crippen LogP contribution in [0.15, 0.2) is 72.9 Å². The normalized spacial score (nSPS) is 14.3. The Hall–Kier alpha value is -2.06. The Kier molecular flexibility index (Phi) is 54.1. The second kappa shape index (κ2) is 55.7. The highest BCUT2D eigenvalue weighted by molar-refractivity contribution is 7.45. The molecule has 8 nitrogen and oxygen atoms in total. The predicted octanol–water partition coefficient (Wildman–Crippen LogP) is 18.8. The molecule has 0 aliphatic carbocycles. The van der Waals surface area contributed by atoms with E-state index in [-0.39, 0.29) is 19.1 Å². The average Bonchev–Trinajstić information content (AvgIpc) is 3.36. The number of quaternary nitrogens is 1. The third kappa shape index (κ3) is 57.6. The van der Waals surface area contributed by atoms with E-state index in [1.165, 1.54) is 180 Å². The molecule has 0 rings (SSSR count). The molecule has 9 heteroatoms. The minimum Gasteiger partial charge on any atom is -0.756 e. The monoisotopic (exact) mass is 1060 g/mol. The number of aliphatic hydroxyl groups is 1. The summed E-state index contributed by atoms with van der Waals surface area (Å²) in [5, 5.41) is 14.0.